The van der Waals surface area contributed by atoms with E-state index < -0.39 is 5.82 Å². The van der Waals surface area contributed by atoms with Crippen molar-refractivity contribution in [2.45, 2.75) is 0 Å². The highest BCUT2D eigenvalue weighted by Gasteiger charge is 2.10. The van der Waals surface area contributed by atoms with Crippen LogP contribution in [0, 0.1) is 17.7 Å². The maximum atomic E-state index is 13.9. The molecular formula is C22H21ClFN3O2. The first-order valence-electron chi connectivity index (χ1n) is 9.12. The number of fused-ring (bicyclic) bond motifs is 1. The first-order chi connectivity index (χ1) is 14.0. The molecular weight excluding hydrogens is 393 g/mol. The summed E-state index contributed by atoms with van der Waals surface area (Å²) in [6, 6.07) is 11.5. The zero-order chi connectivity index (χ0) is 20.6. The summed E-state index contributed by atoms with van der Waals surface area (Å²) in [4.78, 5) is 11.0. The topological polar surface area (TPSA) is 47.5 Å². The van der Waals surface area contributed by atoms with Gasteiger partial charge in [-0.15, -0.1) is 0 Å². The Morgan fingerprint density at radius 2 is 1.83 bits per heavy atom. The standard InChI is InChI=1S/C22H21ClFN3O2/c1-27(2)11-12-28-13-14-29-22-20(9-7-16-5-3-4-6-18(16)24)25-21-15-17(23)8-10-19(21)26-22/h3-6,8,10,15H,11-14H2,1-2H3. The van der Waals surface area contributed by atoms with E-state index in [-0.39, 0.29) is 11.4 Å². The zero-order valence-corrected chi connectivity index (χ0v) is 17.0. The highest BCUT2D eigenvalue weighted by atomic mass is 35.5. The lowest BCUT2D eigenvalue weighted by molar-refractivity contribution is 0.0875. The largest absolute Gasteiger partial charge is 0.473 e. The van der Waals surface area contributed by atoms with Crippen LogP contribution in [0.3, 0.4) is 0 Å². The van der Waals surface area contributed by atoms with Gasteiger partial charge in [0.1, 0.15) is 12.4 Å². The predicted octanol–water partition coefficient (Wildman–Crippen LogP) is 3.78. The van der Waals surface area contributed by atoms with Gasteiger partial charge in [-0.25, -0.2) is 14.4 Å². The minimum Gasteiger partial charge on any atom is -0.473 e. The van der Waals surface area contributed by atoms with E-state index in [1.54, 1.807) is 36.4 Å². The number of likely N-dealkylation sites (N-methyl/N-ethyl adjacent to an activating group) is 1. The molecule has 0 atom stereocenters. The molecule has 0 bridgehead atoms. The number of ether oxygens (including phenoxy) is 2. The Labute approximate surface area is 174 Å². The summed E-state index contributed by atoms with van der Waals surface area (Å²) >= 11 is 6.05. The molecule has 0 unspecified atom stereocenters. The fourth-order valence-electron chi connectivity index (χ4n) is 2.43. The SMILES string of the molecule is CN(C)CCOCCOc1nc2ccc(Cl)cc2nc1C#Cc1ccccc1F. The molecule has 3 aromatic rings. The summed E-state index contributed by atoms with van der Waals surface area (Å²) in [5, 5.41) is 0.544. The van der Waals surface area contributed by atoms with E-state index in [1.165, 1.54) is 6.07 Å². The predicted molar refractivity (Wildman–Crippen MR) is 112 cm³/mol. The van der Waals surface area contributed by atoms with E-state index >= 15 is 0 Å². The number of hydrogen-bond acceptors (Lipinski definition) is 5. The molecule has 5 nitrogen and oxygen atoms in total. The summed E-state index contributed by atoms with van der Waals surface area (Å²) in [6.07, 6.45) is 0. The van der Waals surface area contributed by atoms with Gasteiger partial charge in [-0.1, -0.05) is 29.7 Å². The Morgan fingerprint density at radius 1 is 1.00 bits per heavy atom. The highest BCUT2D eigenvalue weighted by Crippen LogP contribution is 2.21. The number of hydrogen-bond donors (Lipinski definition) is 0. The molecule has 7 heteroatoms. The van der Waals surface area contributed by atoms with Crippen LogP contribution in [0.4, 0.5) is 4.39 Å². The van der Waals surface area contributed by atoms with Crippen LogP contribution < -0.4 is 4.74 Å². The lowest BCUT2D eigenvalue weighted by atomic mass is 10.2. The molecule has 0 radical (unpaired) electrons. The van der Waals surface area contributed by atoms with Crippen molar-refractivity contribution in [3.8, 4) is 17.7 Å². The molecule has 0 aliphatic carbocycles. The summed E-state index contributed by atoms with van der Waals surface area (Å²) in [7, 11) is 3.97. The van der Waals surface area contributed by atoms with Gasteiger partial charge >= 0.3 is 0 Å². The Balaban J connectivity index is 1.82. The van der Waals surface area contributed by atoms with Gasteiger partial charge in [0.25, 0.3) is 0 Å². The van der Waals surface area contributed by atoms with Crippen molar-refractivity contribution in [2.75, 3.05) is 40.5 Å². The fraction of sp³-hybridized carbons (Fsp3) is 0.273. The van der Waals surface area contributed by atoms with E-state index in [9.17, 15) is 4.39 Å². The van der Waals surface area contributed by atoms with Crippen molar-refractivity contribution in [1.29, 1.82) is 0 Å². The minimum absolute atomic E-state index is 0.276. The Bertz CT molecular complexity index is 1050. The minimum atomic E-state index is -0.395. The van der Waals surface area contributed by atoms with Crippen LogP contribution in [-0.4, -0.2) is 55.3 Å². The lowest BCUT2D eigenvalue weighted by Gasteiger charge is -2.11. The molecule has 3 rings (SSSR count). The number of aromatic nitrogens is 2. The van der Waals surface area contributed by atoms with Crippen molar-refractivity contribution >= 4 is 22.6 Å². The Morgan fingerprint density at radius 3 is 2.62 bits per heavy atom. The van der Waals surface area contributed by atoms with Crippen LogP contribution >= 0.6 is 11.6 Å². The average molecular weight is 414 g/mol. The molecule has 0 saturated heterocycles. The monoisotopic (exact) mass is 413 g/mol. The fourth-order valence-corrected chi connectivity index (χ4v) is 2.60. The second-order valence-electron chi connectivity index (χ2n) is 6.50. The molecule has 0 N–H and O–H groups in total. The van der Waals surface area contributed by atoms with Crippen LogP contribution in [0.25, 0.3) is 11.0 Å². The molecule has 29 heavy (non-hydrogen) atoms. The number of halogens is 2. The molecule has 1 aromatic heterocycles. The van der Waals surface area contributed by atoms with Gasteiger partial charge in [0.05, 0.1) is 29.8 Å². The van der Waals surface area contributed by atoms with Gasteiger partial charge in [0.15, 0.2) is 5.69 Å². The molecule has 0 fully saturated rings. The van der Waals surface area contributed by atoms with E-state index in [1.807, 2.05) is 19.0 Å². The van der Waals surface area contributed by atoms with Gasteiger partial charge < -0.3 is 14.4 Å². The first kappa shape index (κ1) is 21.0. The van der Waals surface area contributed by atoms with Crippen molar-refractivity contribution in [3.63, 3.8) is 0 Å². The maximum absolute atomic E-state index is 13.9. The summed E-state index contributed by atoms with van der Waals surface area (Å²) in [5.41, 5.74) is 1.81. The highest BCUT2D eigenvalue weighted by molar-refractivity contribution is 6.31. The number of rotatable bonds is 7. The second-order valence-corrected chi connectivity index (χ2v) is 6.94. The van der Waals surface area contributed by atoms with Crippen molar-refractivity contribution in [3.05, 3.63) is 64.6 Å². The molecule has 150 valence electrons. The lowest BCUT2D eigenvalue weighted by Crippen LogP contribution is -2.19. The van der Waals surface area contributed by atoms with E-state index in [2.05, 4.69) is 21.8 Å². The van der Waals surface area contributed by atoms with Gasteiger partial charge in [0.2, 0.25) is 5.88 Å². The zero-order valence-electron chi connectivity index (χ0n) is 16.3. The first-order valence-corrected chi connectivity index (χ1v) is 9.50. The molecule has 0 spiro atoms. The van der Waals surface area contributed by atoms with E-state index in [0.717, 1.165) is 6.54 Å². The average Bonchev–Trinajstić information content (AvgIpc) is 2.69. The van der Waals surface area contributed by atoms with Crippen molar-refractivity contribution in [1.82, 2.24) is 14.9 Å². The third-order valence-corrected chi connectivity index (χ3v) is 4.17. The quantitative estimate of drug-likeness (QED) is 0.436. The normalized spacial score (nSPS) is 10.8. The Hall–Kier alpha value is -2.72. The van der Waals surface area contributed by atoms with Gasteiger partial charge in [-0.3, -0.25) is 0 Å². The van der Waals surface area contributed by atoms with Crippen LogP contribution in [0.1, 0.15) is 11.3 Å². The summed E-state index contributed by atoms with van der Waals surface area (Å²) < 4.78 is 25.2. The van der Waals surface area contributed by atoms with Crippen molar-refractivity contribution in [2.24, 2.45) is 0 Å². The van der Waals surface area contributed by atoms with Crippen LogP contribution in [0.5, 0.6) is 5.88 Å². The number of benzene rings is 2. The van der Waals surface area contributed by atoms with E-state index in [4.69, 9.17) is 21.1 Å². The third-order valence-electron chi connectivity index (χ3n) is 3.93. The maximum Gasteiger partial charge on any atom is 0.249 e. The van der Waals surface area contributed by atoms with Gasteiger partial charge in [-0.05, 0) is 50.3 Å². The molecule has 0 amide bonds. The Kier molecular flexibility index (Phi) is 7.36. The third kappa shape index (κ3) is 6.13. The molecule has 0 saturated carbocycles. The summed E-state index contributed by atoms with van der Waals surface area (Å²) in [5.74, 6) is 5.55. The van der Waals surface area contributed by atoms with Gasteiger partial charge in [-0.2, -0.15) is 0 Å². The second kappa shape index (κ2) is 10.2. The van der Waals surface area contributed by atoms with Crippen LogP contribution in [-0.2, 0) is 4.74 Å². The number of nitrogens with zero attached hydrogens (tertiary/aromatic N) is 3. The molecule has 2 aromatic carbocycles. The van der Waals surface area contributed by atoms with Gasteiger partial charge in [0, 0.05) is 11.6 Å². The van der Waals surface area contributed by atoms with Crippen LogP contribution in [0.2, 0.25) is 5.02 Å². The summed E-state index contributed by atoms with van der Waals surface area (Å²) in [6.45, 7) is 2.15. The van der Waals surface area contributed by atoms with Crippen molar-refractivity contribution < 1.29 is 13.9 Å². The molecule has 0 aliphatic heterocycles. The van der Waals surface area contributed by atoms with Crippen LogP contribution in [0.15, 0.2) is 42.5 Å². The molecule has 1 heterocycles. The molecule has 0 aliphatic rings. The smallest absolute Gasteiger partial charge is 0.249 e. The van der Waals surface area contributed by atoms with E-state index in [0.29, 0.717) is 41.6 Å².